The zero-order valence-electron chi connectivity index (χ0n) is 15.9. The van der Waals surface area contributed by atoms with Gasteiger partial charge in [0.05, 0.1) is 16.3 Å². The number of sulfonamides is 1. The molecule has 0 saturated carbocycles. The molecule has 2 aromatic carbocycles. The van der Waals surface area contributed by atoms with Crippen molar-refractivity contribution >= 4 is 33.3 Å². The number of hydrogen-bond acceptors (Lipinski definition) is 4. The highest BCUT2D eigenvalue weighted by Gasteiger charge is 2.19. The van der Waals surface area contributed by atoms with Crippen LogP contribution in [-0.4, -0.2) is 44.9 Å². The third-order valence-electron chi connectivity index (χ3n) is 4.53. The third-order valence-corrected chi connectivity index (χ3v) is 6.01. The minimum atomic E-state index is -3.65. The molecule has 2 aromatic rings. The first-order chi connectivity index (χ1) is 14.0. The fourth-order valence-electron chi connectivity index (χ4n) is 3.01. The first-order valence-corrected chi connectivity index (χ1v) is 10.9. The molecule has 29 heavy (non-hydrogen) atoms. The molecule has 0 bridgehead atoms. The Morgan fingerprint density at radius 2 is 1.45 bits per heavy atom. The van der Waals surface area contributed by atoms with Crippen molar-refractivity contribution in [2.45, 2.75) is 24.2 Å². The molecule has 1 saturated heterocycles. The van der Waals surface area contributed by atoms with E-state index >= 15 is 0 Å². The Labute approximate surface area is 170 Å². The quantitative estimate of drug-likeness (QED) is 0.645. The molecule has 1 fully saturated rings. The van der Waals surface area contributed by atoms with Crippen molar-refractivity contribution in [1.29, 1.82) is 0 Å². The molecule has 1 aliphatic rings. The van der Waals surface area contributed by atoms with Gasteiger partial charge in [-0.25, -0.2) is 17.9 Å². The first-order valence-electron chi connectivity index (χ1n) is 9.45. The van der Waals surface area contributed by atoms with Crippen molar-refractivity contribution in [3.63, 3.8) is 0 Å². The van der Waals surface area contributed by atoms with Crippen LogP contribution in [-0.2, 0) is 14.8 Å². The third kappa shape index (κ3) is 5.78. The maximum Gasteiger partial charge on any atom is 0.321 e. The van der Waals surface area contributed by atoms with Gasteiger partial charge in [0.2, 0.25) is 15.9 Å². The predicted octanol–water partition coefficient (Wildman–Crippen LogP) is 2.62. The monoisotopic (exact) mass is 416 g/mol. The van der Waals surface area contributed by atoms with E-state index in [1.54, 1.807) is 47.4 Å². The van der Waals surface area contributed by atoms with Gasteiger partial charge in [-0.15, -0.1) is 0 Å². The molecule has 3 N–H and O–H groups in total. The highest BCUT2D eigenvalue weighted by atomic mass is 32.2. The second kappa shape index (κ2) is 9.53. The van der Waals surface area contributed by atoms with Crippen molar-refractivity contribution < 1.29 is 18.0 Å². The van der Waals surface area contributed by atoms with E-state index in [4.69, 9.17) is 0 Å². The summed E-state index contributed by atoms with van der Waals surface area (Å²) in [6.07, 6.45) is 1.94. The van der Waals surface area contributed by atoms with E-state index in [1.807, 2.05) is 0 Å². The molecule has 154 valence electrons. The summed E-state index contributed by atoms with van der Waals surface area (Å²) in [6.45, 7) is 1.41. The number of nitrogens with one attached hydrogen (secondary N) is 3. The van der Waals surface area contributed by atoms with Crippen molar-refractivity contribution in [2.75, 3.05) is 30.3 Å². The Morgan fingerprint density at radius 1 is 0.862 bits per heavy atom. The van der Waals surface area contributed by atoms with E-state index < -0.39 is 10.0 Å². The lowest BCUT2D eigenvalue weighted by Crippen LogP contribution is -2.32. The van der Waals surface area contributed by atoms with Crippen LogP contribution < -0.4 is 15.4 Å². The van der Waals surface area contributed by atoms with Crippen LogP contribution in [0.2, 0.25) is 0 Å². The maximum absolute atomic E-state index is 12.3. The summed E-state index contributed by atoms with van der Waals surface area (Å²) in [5, 5.41) is 5.55. The second-order valence-electron chi connectivity index (χ2n) is 6.68. The molecular formula is C20H24N4O4S. The molecule has 0 radical (unpaired) electrons. The molecule has 0 unspecified atom stereocenters. The smallest absolute Gasteiger partial charge is 0.321 e. The fraction of sp³-hybridized carbons (Fsp3) is 0.300. The van der Waals surface area contributed by atoms with Gasteiger partial charge in [-0.2, -0.15) is 0 Å². The number of nitrogens with zero attached hydrogens (tertiary/aromatic N) is 1. The topological polar surface area (TPSA) is 108 Å². The lowest BCUT2D eigenvalue weighted by atomic mass is 10.2. The molecule has 0 aromatic heterocycles. The minimum absolute atomic E-state index is 0.0363. The van der Waals surface area contributed by atoms with Crippen molar-refractivity contribution in [3.05, 3.63) is 54.6 Å². The Morgan fingerprint density at radius 3 is 2.10 bits per heavy atom. The van der Waals surface area contributed by atoms with Crippen LogP contribution in [0.5, 0.6) is 0 Å². The summed E-state index contributed by atoms with van der Waals surface area (Å²) in [6, 6.07) is 14.7. The number of rotatable bonds is 7. The van der Waals surface area contributed by atoms with Gasteiger partial charge in [0, 0.05) is 26.1 Å². The number of para-hydroxylation sites is 2. The Bertz CT molecular complexity index is 957. The van der Waals surface area contributed by atoms with Crippen LogP contribution in [0, 0.1) is 0 Å². The van der Waals surface area contributed by atoms with Gasteiger partial charge in [0.15, 0.2) is 0 Å². The number of hydrogen-bond donors (Lipinski definition) is 3. The number of anilines is 2. The minimum Gasteiger partial charge on any atom is -0.325 e. The number of urea groups is 1. The molecule has 9 heteroatoms. The van der Waals surface area contributed by atoms with Crippen LogP contribution in [0.1, 0.15) is 19.3 Å². The molecule has 8 nitrogen and oxygen atoms in total. The summed E-state index contributed by atoms with van der Waals surface area (Å²) < 4.78 is 26.8. The van der Waals surface area contributed by atoms with Gasteiger partial charge < -0.3 is 15.5 Å². The Hall–Kier alpha value is -2.91. The van der Waals surface area contributed by atoms with Crippen molar-refractivity contribution in [1.82, 2.24) is 9.62 Å². The van der Waals surface area contributed by atoms with Crippen LogP contribution in [0.3, 0.4) is 0 Å². The summed E-state index contributed by atoms with van der Waals surface area (Å²) in [7, 11) is -3.65. The normalized spacial score (nSPS) is 13.9. The van der Waals surface area contributed by atoms with E-state index in [0.29, 0.717) is 11.4 Å². The average molecular weight is 417 g/mol. The van der Waals surface area contributed by atoms with Crippen LogP contribution in [0.15, 0.2) is 59.5 Å². The molecule has 0 aliphatic carbocycles. The molecule has 1 heterocycles. The molecular weight excluding hydrogens is 392 g/mol. The van der Waals surface area contributed by atoms with Crippen LogP contribution in [0.4, 0.5) is 16.2 Å². The lowest BCUT2D eigenvalue weighted by Gasteiger charge is -2.18. The van der Waals surface area contributed by atoms with Gasteiger partial charge in [-0.05, 0) is 37.1 Å². The highest BCUT2D eigenvalue weighted by molar-refractivity contribution is 7.89. The summed E-state index contributed by atoms with van der Waals surface area (Å²) in [5.41, 5.74) is 0.971. The lowest BCUT2D eigenvalue weighted by molar-refractivity contribution is -0.116. The molecule has 3 amide bonds. The first kappa shape index (κ1) is 20.8. The molecule has 3 rings (SSSR count). The van der Waals surface area contributed by atoms with Crippen LogP contribution >= 0.6 is 0 Å². The van der Waals surface area contributed by atoms with E-state index in [1.165, 1.54) is 12.1 Å². The largest absolute Gasteiger partial charge is 0.325 e. The van der Waals surface area contributed by atoms with Crippen LogP contribution in [0.25, 0.3) is 0 Å². The fourth-order valence-corrected chi connectivity index (χ4v) is 4.06. The molecule has 0 spiro atoms. The number of benzene rings is 2. The van der Waals surface area contributed by atoms with Gasteiger partial charge in [-0.3, -0.25) is 4.79 Å². The number of amides is 3. The highest BCUT2D eigenvalue weighted by Crippen LogP contribution is 2.22. The number of carbonyl (C=O) groups is 2. The Kier molecular flexibility index (Phi) is 6.84. The standard InChI is InChI=1S/C20H24N4O4S/c25-19(12-13-21-29(27,28)16-8-2-1-3-9-16)22-17-10-4-5-11-18(17)23-20(26)24-14-6-7-15-24/h1-5,8-11,21H,6-7,12-15H2,(H,22,25)(H,23,26). The van der Waals surface area contributed by atoms with Gasteiger partial charge in [0.25, 0.3) is 0 Å². The zero-order chi connectivity index (χ0) is 20.7. The zero-order valence-corrected chi connectivity index (χ0v) is 16.7. The summed E-state index contributed by atoms with van der Waals surface area (Å²) in [4.78, 5) is 26.4. The van der Waals surface area contributed by atoms with Gasteiger partial charge >= 0.3 is 6.03 Å². The number of carbonyl (C=O) groups excluding carboxylic acids is 2. The van der Waals surface area contributed by atoms with E-state index in [-0.39, 0.29) is 29.8 Å². The van der Waals surface area contributed by atoms with Gasteiger partial charge in [0.1, 0.15) is 0 Å². The average Bonchev–Trinajstić information content (AvgIpc) is 3.25. The van der Waals surface area contributed by atoms with E-state index in [0.717, 1.165) is 25.9 Å². The predicted molar refractivity (Wildman–Crippen MR) is 111 cm³/mol. The molecule has 0 atom stereocenters. The number of likely N-dealkylation sites (tertiary alicyclic amines) is 1. The SMILES string of the molecule is O=C(CCNS(=O)(=O)c1ccccc1)Nc1ccccc1NC(=O)N1CCCC1. The second-order valence-corrected chi connectivity index (χ2v) is 8.45. The van der Waals surface area contributed by atoms with Gasteiger partial charge in [-0.1, -0.05) is 30.3 Å². The van der Waals surface area contributed by atoms with E-state index in [2.05, 4.69) is 15.4 Å². The maximum atomic E-state index is 12.3. The molecule has 1 aliphatic heterocycles. The Balaban J connectivity index is 1.53. The summed E-state index contributed by atoms with van der Waals surface area (Å²) in [5.74, 6) is -0.358. The van der Waals surface area contributed by atoms with Crippen molar-refractivity contribution in [2.24, 2.45) is 0 Å². The summed E-state index contributed by atoms with van der Waals surface area (Å²) >= 11 is 0. The van der Waals surface area contributed by atoms with E-state index in [9.17, 15) is 18.0 Å². The van der Waals surface area contributed by atoms with Crippen molar-refractivity contribution in [3.8, 4) is 0 Å².